The number of nitrogens with one attached hydrogen (secondary N) is 1. The zero-order valence-electron chi connectivity index (χ0n) is 9.22. The minimum absolute atomic E-state index is 0.594. The molecule has 0 radical (unpaired) electrons. The summed E-state index contributed by atoms with van der Waals surface area (Å²) in [6, 6.07) is 13.1. The number of hydrogen-bond acceptors (Lipinski definition) is 4. The number of hydrogen-bond donors (Lipinski definition) is 2. The lowest BCUT2D eigenvalue weighted by molar-refractivity contribution is 1.11. The minimum atomic E-state index is 0.594. The highest BCUT2D eigenvalue weighted by atomic mass is 15.0. The molecule has 84 valence electrons. The molecule has 0 amide bonds. The first kappa shape index (κ1) is 11.0. The summed E-state index contributed by atoms with van der Waals surface area (Å²) < 4.78 is 0. The van der Waals surface area contributed by atoms with Crippen LogP contribution in [-0.2, 0) is 6.54 Å². The maximum Gasteiger partial charge on any atom is 0.149 e. The van der Waals surface area contributed by atoms with E-state index in [1.165, 1.54) is 0 Å². The van der Waals surface area contributed by atoms with Gasteiger partial charge in [0.05, 0.1) is 17.3 Å². The van der Waals surface area contributed by atoms with Gasteiger partial charge in [0.1, 0.15) is 5.82 Å². The summed E-state index contributed by atoms with van der Waals surface area (Å²) in [5.74, 6) is 0.662. The molecule has 0 fully saturated rings. The molecule has 2 aromatic rings. The normalized spacial score (nSPS) is 9.59. The van der Waals surface area contributed by atoms with Crippen LogP contribution in [-0.4, -0.2) is 4.98 Å². The minimum Gasteiger partial charge on any atom is -0.396 e. The van der Waals surface area contributed by atoms with E-state index in [0.717, 1.165) is 5.56 Å². The average Bonchev–Trinajstić information content (AvgIpc) is 2.38. The third-order valence-electron chi connectivity index (χ3n) is 2.35. The summed E-state index contributed by atoms with van der Waals surface area (Å²) in [5, 5.41) is 11.9. The summed E-state index contributed by atoms with van der Waals surface area (Å²) in [6.07, 6.45) is 1.68. The predicted molar refractivity (Wildman–Crippen MR) is 67.1 cm³/mol. The SMILES string of the molecule is N#Cc1cccc(CNc2ncccc2N)c1. The predicted octanol–water partition coefficient (Wildman–Crippen LogP) is 2.15. The summed E-state index contributed by atoms with van der Waals surface area (Å²) >= 11 is 0. The Morgan fingerprint density at radius 2 is 2.18 bits per heavy atom. The fourth-order valence-corrected chi connectivity index (χ4v) is 1.50. The molecule has 0 unspecified atom stereocenters. The zero-order valence-corrected chi connectivity index (χ0v) is 9.22. The molecule has 2 rings (SSSR count). The Morgan fingerprint density at radius 3 is 2.94 bits per heavy atom. The number of pyridine rings is 1. The van der Waals surface area contributed by atoms with Crippen LogP contribution in [0.5, 0.6) is 0 Å². The number of anilines is 2. The van der Waals surface area contributed by atoms with Gasteiger partial charge >= 0.3 is 0 Å². The van der Waals surface area contributed by atoms with E-state index < -0.39 is 0 Å². The first-order chi connectivity index (χ1) is 8.29. The molecule has 0 aliphatic rings. The topological polar surface area (TPSA) is 74.7 Å². The largest absolute Gasteiger partial charge is 0.396 e. The summed E-state index contributed by atoms with van der Waals surface area (Å²) in [5.41, 5.74) is 8.05. The Balaban J connectivity index is 2.08. The average molecular weight is 224 g/mol. The lowest BCUT2D eigenvalue weighted by Gasteiger charge is -2.07. The van der Waals surface area contributed by atoms with E-state index in [1.807, 2.05) is 18.2 Å². The Morgan fingerprint density at radius 1 is 1.29 bits per heavy atom. The van der Waals surface area contributed by atoms with Crippen LogP contribution in [0.15, 0.2) is 42.6 Å². The molecule has 0 atom stereocenters. The van der Waals surface area contributed by atoms with Crippen LogP contribution in [0.4, 0.5) is 11.5 Å². The molecular weight excluding hydrogens is 212 g/mol. The number of nitrogens with two attached hydrogens (primary N) is 1. The van der Waals surface area contributed by atoms with Gasteiger partial charge in [-0.05, 0) is 29.8 Å². The molecule has 3 N–H and O–H groups in total. The van der Waals surface area contributed by atoms with Crippen LogP contribution in [0.2, 0.25) is 0 Å². The third-order valence-corrected chi connectivity index (χ3v) is 2.35. The molecule has 0 aliphatic carbocycles. The first-order valence-corrected chi connectivity index (χ1v) is 5.23. The molecule has 0 aliphatic heterocycles. The highest BCUT2D eigenvalue weighted by Gasteiger charge is 1.99. The number of nitrogen functional groups attached to an aromatic ring is 1. The fraction of sp³-hybridized carbons (Fsp3) is 0.0769. The second kappa shape index (κ2) is 4.99. The molecule has 1 aromatic carbocycles. The van der Waals surface area contributed by atoms with Gasteiger partial charge in [0.15, 0.2) is 0 Å². The third kappa shape index (κ3) is 2.73. The van der Waals surface area contributed by atoms with Crippen LogP contribution in [0, 0.1) is 11.3 Å². The molecular formula is C13H12N4. The van der Waals surface area contributed by atoms with Crippen molar-refractivity contribution in [1.29, 1.82) is 5.26 Å². The van der Waals surface area contributed by atoms with Gasteiger partial charge in [0.25, 0.3) is 0 Å². The Bertz CT molecular complexity index is 557. The first-order valence-electron chi connectivity index (χ1n) is 5.23. The second-order valence-corrected chi connectivity index (χ2v) is 3.61. The van der Waals surface area contributed by atoms with Gasteiger partial charge in [-0.3, -0.25) is 0 Å². The van der Waals surface area contributed by atoms with E-state index in [2.05, 4.69) is 16.4 Å². The lowest BCUT2D eigenvalue weighted by Crippen LogP contribution is -2.04. The maximum atomic E-state index is 8.79. The van der Waals surface area contributed by atoms with Gasteiger partial charge < -0.3 is 11.1 Å². The van der Waals surface area contributed by atoms with Gasteiger partial charge in [-0.2, -0.15) is 5.26 Å². The van der Waals surface area contributed by atoms with Crippen molar-refractivity contribution in [1.82, 2.24) is 4.98 Å². The highest BCUT2D eigenvalue weighted by molar-refractivity contribution is 5.60. The van der Waals surface area contributed by atoms with Crippen LogP contribution in [0.25, 0.3) is 0 Å². The highest BCUT2D eigenvalue weighted by Crippen LogP contribution is 2.14. The zero-order chi connectivity index (χ0) is 12.1. The van der Waals surface area contributed by atoms with Crippen molar-refractivity contribution in [2.45, 2.75) is 6.54 Å². The van der Waals surface area contributed by atoms with E-state index in [9.17, 15) is 0 Å². The van der Waals surface area contributed by atoms with Crippen molar-refractivity contribution in [3.05, 3.63) is 53.7 Å². The Kier molecular flexibility index (Phi) is 3.22. The van der Waals surface area contributed by atoms with Gasteiger partial charge in [-0.25, -0.2) is 4.98 Å². The van der Waals surface area contributed by atoms with Crippen LogP contribution < -0.4 is 11.1 Å². The summed E-state index contributed by atoms with van der Waals surface area (Å²) in [6.45, 7) is 0.594. The van der Waals surface area contributed by atoms with E-state index in [0.29, 0.717) is 23.6 Å². The molecule has 1 aromatic heterocycles. The second-order valence-electron chi connectivity index (χ2n) is 3.61. The van der Waals surface area contributed by atoms with Crippen molar-refractivity contribution >= 4 is 11.5 Å². The summed E-state index contributed by atoms with van der Waals surface area (Å²) in [7, 11) is 0. The van der Waals surface area contributed by atoms with Gasteiger partial charge in [0.2, 0.25) is 0 Å². The van der Waals surface area contributed by atoms with E-state index in [4.69, 9.17) is 11.0 Å². The van der Waals surface area contributed by atoms with E-state index >= 15 is 0 Å². The summed E-state index contributed by atoms with van der Waals surface area (Å²) in [4.78, 5) is 4.13. The van der Waals surface area contributed by atoms with Crippen molar-refractivity contribution in [2.24, 2.45) is 0 Å². The number of nitrogens with zero attached hydrogens (tertiary/aromatic N) is 2. The van der Waals surface area contributed by atoms with Crippen LogP contribution in [0.1, 0.15) is 11.1 Å². The van der Waals surface area contributed by atoms with Crippen molar-refractivity contribution in [3.63, 3.8) is 0 Å². The van der Waals surface area contributed by atoms with Gasteiger partial charge in [0, 0.05) is 12.7 Å². The van der Waals surface area contributed by atoms with Gasteiger partial charge in [-0.1, -0.05) is 12.1 Å². The molecule has 1 heterocycles. The standard InChI is InChI=1S/C13H12N4/c14-8-10-3-1-4-11(7-10)9-17-13-12(15)5-2-6-16-13/h1-7H,9,15H2,(H,16,17). The Hall–Kier alpha value is -2.54. The number of nitriles is 1. The quantitative estimate of drug-likeness (QED) is 0.837. The maximum absolute atomic E-state index is 8.79. The lowest BCUT2D eigenvalue weighted by atomic mass is 10.1. The molecule has 4 nitrogen and oxygen atoms in total. The number of aromatic nitrogens is 1. The smallest absolute Gasteiger partial charge is 0.149 e. The Labute approximate surface area is 99.7 Å². The molecule has 0 saturated heterocycles. The number of benzene rings is 1. The molecule has 0 spiro atoms. The number of rotatable bonds is 3. The molecule has 17 heavy (non-hydrogen) atoms. The monoisotopic (exact) mass is 224 g/mol. The molecule has 4 heteroatoms. The van der Waals surface area contributed by atoms with E-state index in [-0.39, 0.29) is 0 Å². The van der Waals surface area contributed by atoms with Gasteiger partial charge in [-0.15, -0.1) is 0 Å². The molecule has 0 saturated carbocycles. The molecule has 0 bridgehead atoms. The van der Waals surface area contributed by atoms with Crippen molar-refractivity contribution < 1.29 is 0 Å². The van der Waals surface area contributed by atoms with Crippen LogP contribution >= 0.6 is 0 Å². The van der Waals surface area contributed by atoms with E-state index in [1.54, 1.807) is 24.4 Å². The fourth-order valence-electron chi connectivity index (χ4n) is 1.50. The van der Waals surface area contributed by atoms with Crippen LogP contribution in [0.3, 0.4) is 0 Å². The van der Waals surface area contributed by atoms with Crippen molar-refractivity contribution in [3.8, 4) is 6.07 Å². The van der Waals surface area contributed by atoms with Crippen molar-refractivity contribution in [2.75, 3.05) is 11.1 Å².